The zero-order valence-corrected chi connectivity index (χ0v) is 15.4. The second kappa shape index (κ2) is 7.49. The number of hydrogen-bond donors (Lipinski definition) is 2. The number of aromatic amines is 1. The van der Waals surface area contributed by atoms with Gasteiger partial charge in [0.15, 0.2) is 0 Å². The van der Waals surface area contributed by atoms with Gasteiger partial charge in [0.05, 0.1) is 17.1 Å². The SMILES string of the molecule is CCn1c(=O)c(=O)[nH]c2cc(C(=O)Nc3ccc(OC(C)C)cc3)ccc21. The standard InChI is InChI=1S/C20H21N3O4/c1-4-23-17-10-5-13(11-16(17)22-19(25)20(23)26)18(24)21-14-6-8-15(9-7-14)27-12(2)3/h5-12H,4H2,1-3H3,(H,21,24)(H,22,25). The van der Waals surface area contributed by atoms with Crippen LogP contribution in [0.15, 0.2) is 52.1 Å². The molecule has 0 saturated carbocycles. The van der Waals surface area contributed by atoms with E-state index in [-0.39, 0.29) is 12.0 Å². The Hall–Kier alpha value is -3.35. The van der Waals surface area contributed by atoms with Gasteiger partial charge >= 0.3 is 11.1 Å². The summed E-state index contributed by atoms with van der Waals surface area (Å²) >= 11 is 0. The molecule has 0 bridgehead atoms. The van der Waals surface area contributed by atoms with E-state index in [9.17, 15) is 14.4 Å². The third-order valence-electron chi connectivity index (χ3n) is 4.04. The molecule has 27 heavy (non-hydrogen) atoms. The molecule has 0 spiro atoms. The monoisotopic (exact) mass is 367 g/mol. The first-order chi connectivity index (χ1) is 12.9. The highest BCUT2D eigenvalue weighted by molar-refractivity contribution is 6.05. The first kappa shape index (κ1) is 18.4. The van der Waals surface area contributed by atoms with Gasteiger partial charge in [0.1, 0.15) is 5.75 Å². The first-order valence-electron chi connectivity index (χ1n) is 8.74. The maximum absolute atomic E-state index is 12.5. The van der Waals surface area contributed by atoms with E-state index in [0.29, 0.717) is 28.8 Å². The Kier molecular flexibility index (Phi) is 5.12. The van der Waals surface area contributed by atoms with Crippen LogP contribution in [0.3, 0.4) is 0 Å². The highest BCUT2D eigenvalue weighted by Gasteiger charge is 2.11. The van der Waals surface area contributed by atoms with Gasteiger partial charge in [-0.05, 0) is 63.2 Å². The third kappa shape index (κ3) is 3.92. The minimum atomic E-state index is -0.706. The minimum absolute atomic E-state index is 0.0747. The molecule has 0 aliphatic rings. The number of nitrogens with zero attached hydrogens (tertiary/aromatic N) is 1. The van der Waals surface area contributed by atoms with Crippen LogP contribution in [0.1, 0.15) is 31.1 Å². The molecule has 0 saturated heterocycles. The quantitative estimate of drug-likeness (QED) is 0.678. The van der Waals surface area contributed by atoms with E-state index in [0.717, 1.165) is 5.75 Å². The molecule has 3 rings (SSSR count). The van der Waals surface area contributed by atoms with Gasteiger partial charge in [0.2, 0.25) is 0 Å². The number of nitrogens with one attached hydrogen (secondary N) is 2. The Labute approximate surface area is 155 Å². The summed E-state index contributed by atoms with van der Waals surface area (Å²) in [6.45, 7) is 6.04. The first-order valence-corrected chi connectivity index (χ1v) is 8.74. The highest BCUT2D eigenvalue weighted by Crippen LogP contribution is 2.18. The Morgan fingerprint density at radius 2 is 1.85 bits per heavy atom. The number of amides is 1. The van der Waals surface area contributed by atoms with Crippen LogP contribution in [0, 0.1) is 0 Å². The topological polar surface area (TPSA) is 93.2 Å². The Morgan fingerprint density at radius 1 is 1.15 bits per heavy atom. The molecule has 2 N–H and O–H groups in total. The van der Waals surface area contributed by atoms with Crippen LogP contribution in [0.4, 0.5) is 5.69 Å². The van der Waals surface area contributed by atoms with Crippen molar-refractivity contribution in [3.05, 3.63) is 68.7 Å². The van der Waals surface area contributed by atoms with Crippen LogP contribution >= 0.6 is 0 Å². The molecule has 0 radical (unpaired) electrons. The van der Waals surface area contributed by atoms with E-state index < -0.39 is 11.1 Å². The molecule has 0 aliphatic carbocycles. The number of hydrogen-bond acceptors (Lipinski definition) is 4. The normalized spacial score (nSPS) is 11.0. The lowest BCUT2D eigenvalue weighted by Crippen LogP contribution is -2.36. The predicted molar refractivity (Wildman–Crippen MR) is 105 cm³/mol. The summed E-state index contributed by atoms with van der Waals surface area (Å²) in [7, 11) is 0. The van der Waals surface area contributed by atoms with Crippen molar-refractivity contribution in [1.82, 2.24) is 9.55 Å². The lowest BCUT2D eigenvalue weighted by atomic mass is 10.1. The summed E-state index contributed by atoms with van der Waals surface area (Å²) in [5.41, 5.74) is 0.711. The summed E-state index contributed by atoms with van der Waals surface area (Å²) < 4.78 is 6.95. The minimum Gasteiger partial charge on any atom is -0.491 e. The molecule has 0 atom stereocenters. The number of rotatable bonds is 5. The van der Waals surface area contributed by atoms with Gasteiger partial charge in [0, 0.05) is 17.8 Å². The van der Waals surface area contributed by atoms with E-state index in [1.165, 1.54) is 4.57 Å². The van der Waals surface area contributed by atoms with Gasteiger partial charge in [-0.1, -0.05) is 0 Å². The molecular weight excluding hydrogens is 346 g/mol. The number of benzene rings is 2. The smallest absolute Gasteiger partial charge is 0.316 e. The lowest BCUT2D eigenvalue weighted by molar-refractivity contribution is 0.102. The maximum atomic E-state index is 12.5. The summed E-state index contributed by atoms with van der Waals surface area (Å²) in [4.78, 5) is 38.7. The average Bonchev–Trinajstić information content (AvgIpc) is 2.63. The number of aryl methyl sites for hydroxylation is 1. The Morgan fingerprint density at radius 3 is 2.48 bits per heavy atom. The van der Waals surface area contributed by atoms with Crippen LogP contribution in [0.5, 0.6) is 5.75 Å². The van der Waals surface area contributed by atoms with Gasteiger partial charge < -0.3 is 19.6 Å². The van der Waals surface area contributed by atoms with Crippen LogP contribution < -0.4 is 21.2 Å². The van der Waals surface area contributed by atoms with Crippen LogP contribution in [-0.2, 0) is 6.54 Å². The predicted octanol–water partition coefficient (Wildman–Crippen LogP) is 2.75. The summed E-state index contributed by atoms with van der Waals surface area (Å²) in [6, 6.07) is 11.9. The molecule has 7 heteroatoms. The average molecular weight is 367 g/mol. The van der Waals surface area contributed by atoms with Crippen molar-refractivity contribution in [2.75, 3.05) is 5.32 Å². The molecule has 1 heterocycles. The van der Waals surface area contributed by atoms with Crippen LogP contribution in [-0.4, -0.2) is 21.6 Å². The van der Waals surface area contributed by atoms with E-state index in [4.69, 9.17) is 4.74 Å². The Balaban J connectivity index is 1.86. The highest BCUT2D eigenvalue weighted by atomic mass is 16.5. The number of aromatic nitrogens is 2. The summed E-state index contributed by atoms with van der Waals surface area (Å²) in [5, 5.41) is 2.80. The molecule has 3 aromatic rings. The fourth-order valence-corrected chi connectivity index (χ4v) is 2.83. The zero-order chi connectivity index (χ0) is 19.6. The number of carbonyl (C=O) groups is 1. The van der Waals surface area contributed by atoms with Gasteiger partial charge in [-0.3, -0.25) is 14.4 Å². The molecule has 1 amide bonds. The van der Waals surface area contributed by atoms with E-state index >= 15 is 0 Å². The molecular formula is C20H21N3O4. The molecule has 0 unspecified atom stereocenters. The summed E-state index contributed by atoms with van der Waals surface area (Å²) in [5.74, 6) is 0.411. The van der Waals surface area contributed by atoms with Crippen molar-refractivity contribution in [2.24, 2.45) is 0 Å². The van der Waals surface area contributed by atoms with Crippen LogP contribution in [0.2, 0.25) is 0 Å². The van der Waals surface area contributed by atoms with Crippen molar-refractivity contribution < 1.29 is 9.53 Å². The van der Waals surface area contributed by atoms with Gasteiger partial charge in [-0.2, -0.15) is 0 Å². The van der Waals surface area contributed by atoms with Crippen molar-refractivity contribution in [3.8, 4) is 5.75 Å². The Bertz CT molecular complexity index is 1090. The number of H-pyrrole nitrogens is 1. The van der Waals surface area contributed by atoms with Gasteiger partial charge in [-0.25, -0.2) is 0 Å². The number of fused-ring (bicyclic) bond motifs is 1. The molecule has 7 nitrogen and oxygen atoms in total. The van der Waals surface area contributed by atoms with Gasteiger partial charge in [-0.15, -0.1) is 0 Å². The zero-order valence-electron chi connectivity index (χ0n) is 15.4. The van der Waals surface area contributed by atoms with E-state index in [1.807, 2.05) is 13.8 Å². The van der Waals surface area contributed by atoms with Crippen molar-refractivity contribution in [3.63, 3.8) is 0 Å². The molecule has 2 aromatic carbocycles. The van der Waals surface area contributed by atoms with E-state index in [1.54, 1.807) is 49.4 Å². The fourth-order valence-electron chi connectivity index (χ4n) is 2.83. The lowest BCUT2D eigenvalue weighted by Gasteiger charge is -2.11. The molecule has 140 valence electrons. The summed E-state index contributed by atoms with van der Waals surface area (Å²) in [6.07, 6.45) is 0.0747. The maximum Gasteiger partial charge on any atom is 0.316 e. The molecule has 0 fully saturated rings. The second-order valence-electron chi connectivity index (χ2n) is 6.38. The number of anilines is 1. The number of carbonyl (C=O) groups excluding carboxylic acids is 1. The van der Waals surface area contributed by atoms with E-state index in [2.05, 4.69) is 10.3 Å². The second-order valence-corrected chi connectivity index (χ2v) is 6.38. The van der Waals surface area contributed by atoms with Crippen molar-refractivity contribution >= 4 is 22.6 Å². The fraction of sp³-hybridized carbons (Fsp3) is 0.250. The van der Waals surface area contributed by atoms with Gasteiger partial charge in [0.25, 0.3) is 5.91 Å². The molecule has 1 aromatic heterocycles. The van der Waals surface area contributed by atoms with Crippen molar-refractivity contribution in [1.29, 1.82) is 0 Å². The number of ether oxygens (including phenoxy) is 1. The van der Waals surface area contributed by atoms with Crippen molar-refractivity contribution in [2.45, 2.75) is 33.4 Å². The largest absolute Gasteiger partial charge is 0.491 e. The van der Waals surface area contributed by atoms with Crippen LogP contribution in [0.25, 0.3) is 11.0 Å². The molecule has 0 aliphatic heterocycles. The third-order valence-corrected chi connectivity index (χ3v) is 4.04.